The highest BCUT2D eigenvalue weighted by molar-refractivity contribution is 5.56. The molecule has 0 amide bonds. The number of phenols is 1. The monoisotopic (exact) mass is 181 g/mol. The maximum atomic E-state index is 10.6. The van der Waals surface area contributed by atoms with Gasteiger partial charge in [-0.25, -0.2) is 0 Å². The summed E-state index contributed by atoms with van der Waals surface area (Å²) in [6, 6.07) is 1.61. The third-order valence-electron chi connectivity index (χ3n) is 2.07. The lowest BCUT2D eigenvalue weighted by Gasteiger charge is -2.06. The third-order valence-corrected chi connectivity index (χ3v) is 2.07. The van der Waals surface area contributed by atoms with E-state index in [1.54, 1.807) is 26.8 Å². The van der Waals surface area contributed by atoms with Crippen molar-refractivity contribution in [2.24, 2.45) is 0 Å². The standard InChI is InChI=1S/C9H11NO3/c1-5-4-6(2)9(11)7(3)8(5)10(12)13/h4,11H,1-3H3. The molecule has 70 valence electrons. The van der Waals surface area contributed by atoms with Crippen LogP contribution in [0.25, 0.3) is 0 Å². The van der Waals surface area contributed by atoms with Gasteiger partial charge in [-0.3, -0.25) is 10.1 Å². The summed E-state index contributed by atoms with van der Waals surface area (Å²) in [7, 11) is 0. The van der Waals surface area contributed by atoms with E-state index in [9.17, 15) is 15.2 Å². The smallest absolute Gasteiger partial charge is 0.278 e. The molecule has 0 radical (unpaired) electrons. The average Bonchev–Trinajstić information content (AvgIpc) is 1.99. The Morgan fingerprint density at radius 1 is 1.31 bits per heavy atom. The van der Waals surface area contributed by atoms with Gasteiger partial charge in [0.25, 0.3) is 5.69 Å². The second kappa shape index (κ2) is 3.05. The van der Waals surface area contributed by atoms with Gasteiger partial charge in [0.15, 0.2) is 0 Å². The third kappa shape index (κ3) is 1.47. The maximum Gasteiger partial charge on any atom is 0.278 e. The minimum Gasteiger partial charge on any atom is -0.507 e. The number of nitro benzene ring substituents is 1. The Morgan fingerprint density at radius 2 is 1.85 bits per heavy atom. The van der Waals surface area contributed by atoms with Crippen LogP contribution in [0.4, 0.5) is 5.69 Å². The highest BCUT2D eigenvalue weighted by Gasteiger charge is 2.18. The van der Waals surface area contributed by atoms with Gasteiger partial charge < -0.3 is 5.11 Å². The molecular formula is C9H11NO3. The molecule has 0 aliphatic rings. The van der Waals surface area contributed by atoms with Crippen LogP contribution in [0.2, 0.25) is 0 Å². The van der Waals surface area contributed by atoms with Crippen LogP contribution in [0.5, 0.6) is 5.75 Å². The van der Waals surface area contributed by atoms with E-state index < -0.39 is 4.92 Å². The fraction of sp³-hybridized carbons (Fsp3) is 0.333. The Hall–Kier alpha value is -1.58. The van der Waals surface area contributed by atoms with E-state index in [1.807, 2.05) is 0 Å². The Balaban J connectivity index is 3.53. The highest BCUT2D eigenvalue weighted by atomic mass is 16.6. The van der Waals surface area contributed by atoms with E-state index in [4.69, 9.17) is 0 Å². The molecule has 0 saturated heterocycles. The number of nitro groups is 1. The zero-order valence-corrected chi connectivity index (χ0v) is 7.79. The molecule has 1 aromatic rings. The molecule has 4 nitrogen and oxygen atoms in total. The largest absolute Gasteiger partial charge is 0.507 e. The molecule has 0 saturated carbocycles. The summed E-state index contributed by atoms with van der Waals surface area (Å²) in [5, 5.41) is 20.1. The van der Waals surface area contributed by atoms with Crippen molar-refractivity contribution in [3.05, 3.63) is 32.9 Å². The molecular weight excluding hydrogens is 170 g/mol. The maximum absolute atomic E-state index is 10.6. The Bertz CT molecular complexity index is 372. The lowest BCUT2D eigenvalue weighted by atomic mass is 10.0. The summed E-state index contributed by atoms with van der Waals surface area (Å²) in [4.78, 5) is 10.1. The molecule has 0 aromatic heterocycles. The number of rotatable bonds is 1. The van der Waals surface area contributed by atoms with Crippen LogP contribution in [-0.2, 0) is 0 Å². The number of phenolic OH excluding ortho intramolecular Hbond substituents is 1. The first kappa shape index (κ1) is 9.51. The zero-order chi connectivity index (χ0) is 10.2. The van der Waals surface area contributed by atoms with Crippen LogP contribution in [0.15, 0.2) is 6.07 Å². The van der Waals surface area contributed by atoms with E-state index in [0.29, 0.717) is 16.7 Å². The van der Waals surface area contributed by atoms with E-state index in [2.05, 4.69) is 0 Å². The number of aryl methyl sites for hydroxylation is 2. The van der Waals surface area contributed by atoms with Crippen molar-refractivity contribution >= 4 is 5.69 Å². The minimum absolute atomic E-state index is 0.00287. The summed E-state index contributed by atoms with van der Waals surface area (Å²) in [5.74, 6) is 0.0114. The molecule has 1 aromatic carbocycles. The van der Waals surface area contributed by atoms with Crippen LogP contribution in [0.3, 0.4) is 0 Å². The van der Waals surface area contributed by atoms with Gasteiger partial charge in [-0.1, -0.05) is 0 Å². The fourth-order valence-electron chi connectivity index (χ4n) is 1.45. The predicted octanol–water partition coefficient (Wildman–Crippen LogP) is 2.23. The molecule has 4 heteroatoms. The zero-order valence-electron chi connectivity index (χ0n) is 7.79. The average molecular weight is 181 g/mol. The van der Waals surface area contributed by atoms with E-state index >= 15 is 0 Å². The second-order valence-corrected chi connectivity index (χ2v) is 3.09. The van der Waals surface area contributed by atoms with Crippen LogP contribution in [-0.4, -0.2) is 10.0 Å². The quantitative estimate of drug-likeness (QED) is 0.533. The SMILES string of the molecule is Cc1cc(C)c([N+](=O)[O-])c(C)c1O. The number of aromatic hydroxyl groups is 1. The molecule has 13 heavy (non-hydrogen) atoms. The Morgan fingerprint density at radius 3 is 2.31 bits per heavy atom. The first-order valence-electron chi connectivity index (χ1n) is 3.89. The van der Waals surface area contributed by atoms with Crippen molar-refractivity contribution in [3.63, 3.8) is 0 Å². The van der Waals surface area contributed by atoms with Crippen LogP contribution >= 0.6 is 0 Å². The van der Waals surface area contributed by atoms with Crippen LogP contribution in [0, 0.1) is 30.9 Å². The Labute approximate surface area is 76.0 Å². The van der Waals surface area contributed by atoms with Gasteiger partial charge in [0.2, 0.25) is 0 Å². The van der Waals surface area contributed by atoms with Crippen LogP contribution < -0.4 is 0 Å². The minimum atomic E-state index is -0.468. The summed E-state index contributed by atoms with van der Waals surface area (Å²) in [5.41, 5.74) is 1.59. The first-order valence-corrected chi connectivity index (χ1v) is 3.89. The van der Waals surface area contributed by atoms with Crippen LogP contribution in [0.1, 0.15) is 16.7 Å². The number of nitrogens with zero attached hydrogens (tertiary/aromatic N) is 1. The van der Waals surface area contributed by atoms with Gasteiger partial charge in [0.05, 0.1) is 10.5 Å². The molecule has 0 aliphatic carbocycles. The molecule has 0 atom stereocenters. The molecule has 0 heterocycles. The van der Waals surface area contributed by atoms with Crippen molar-refractivity contribution in [1.29, 1.82) is 0 Å². The predicted molar refractivity (Wildman–Crippen MR) is 49.0 cm³/mol. The lowest BCUT2D eigenvalue weighted by Crippen LogP contribution is -1.96. The molecule has 0 aliphatic heterocycles. The Kier molecular flexibility index (Phi) is 2.23. The van der Waals surface area contributed by atoms with Gasteiger partial charge in [0, 0.05) is 5.56 Å². The normalized spacial score (nSPS) is 10.1. The summed E-state index contributed by atoms with van der Waals surface area (Å²) >= 11 is 0. The molecule has 1 N–H and O–H groups in total. The van der Waals surface area contributed by atoms with Crippen molar-refractivity contribution < 1.29 is 10.0 Å². The van der Waals surface area contributed by atoms with E-state index in [-0.39, 0.29) is 11.4 Å². The molecule has 1 rings (SSSR count). The molecule has 0 unspecified atom stereocenters. The molecule has 0 bridgehead atoms. The van der Waals surface area contributed by atoms with E-state index in [0.717, 1.165) is 0 Å². The number of hydrogen-bond acceptors (Lipinski definition) is 3. The molecule has 0 fully saturated rings. The van der Waals surface area contributed by atoms with Crippen molar-refractivity contribution in [2.45, 2.75) is 20.8 Å². The van der Waals surface area contributed by atoms with E-state index in [1.165, 1.54) is 0 Å². The first-order chi connectivity index (χ1) is 5.95. The number of benzene rings is 1. The number of hydrogen-bond donors (Lipinski definition) is 1. The summed E-state index contributed by atoms with van der Waals surface area (Å²) in [6.07, 6.45) is 0. The topological polar surface area (TPSA) is 63.4 Å². The fourth-order valence-corrected chi connectivity index (χ4v) is 1.45. The van der Waals surface area contributed by atoms with Gasteiger partial charge in [0.1, 0.15) is 5.75 Å². The van der Waals surface area contributed by atoms with Gasteiger partial charge in [-0.05, 0) is 32.4 Å². The van der Waals surface area contributed by atoms with Gasteiger partial charge in [-0.15, -0.1) is 0 Å². The van der Waals surface area contributed by atoms with Crippen molar-refractivity contribution in [1.82, 2.24) is 0 Å². The van der Waals surface area contributed by atoms with Crippen molar-refractivity contribution in [3.8, 4) is 5.75 Å². The lowest BCUT2D eigenvalue weighted by molar-refractivity contribution is -0.386. The summed E-state index contributed by atoms with van der Waals surface area (Å²) in [6.45, 7) is 4.93. The van der Waals surface area contributed by atoms with Gasteiger partial charge >= 0.3 is 0 Å². The summed E-state index contributed by atoms with van der Waals surface area (Å²) < 4.78 is 0. The van der Waals surface area contributed by atoms with Crippen molar-refractivity contribution in [2.75, 3.05) is 0 Å². The van der Waals surface area contributed by atoms with Gasteiger partial charge in [-0.2, -0.15) is 0 Å². The molecule has 0 spiro atoms. The second-order valence-electron chi connectivity index (χ2n) is 3.09. The highest BCUT2D eigenvalue weighted by Crippen LogP contribution is 2.32.